The maximum atomic E-state index is 15.9. The van der Waals surface area contributed by atoms with Gasteiger partial charge in [-0.05, 0) is 105 Å². The van der Waals surface area contributed by atoms with Crippen molar-refractivity contribution in [2.24, 2.45) is 23.1 Å². The number of hydrogen-bond acceptors (Lipinski definition) is 24. The summed E-state index contributed by atoms with van der Waals surface area (Å²) >= 11 is 0.685. The molecule has 3 saturated heterocycles. The van der Waals surface area contributed by atoms with E-state index in [1.165, 1.54) is 56.0 Å². The van der Waals surface area contributed by atoms with Crippen LogP contribution in [0.25, 0.3) is 21.8 Å². The van der Waals surface area contributed by atoms with E-state index in [0.29, 0.717) is 63.1 Å². The zero-order valence-corrected chi connectivity index (χ0v) is 77.6. The first kappa shape index (κ1) is 107. The lowest BCUT2D eigenvalue weighted by atomic mass is 9.99. The van der Waals surface area contributed by atoms with Crippen LogP contribution in [0.3, 0.4) is 0 Å². The summed E-state index contributed by atoms with van der Waals surface area (Å²) in [5.74, 6) is -22.0. The molecule has 0 radical (unpaired) electrons. The van der Waals surface area contributed by atoms with Gasteiger partial charge in [0, 0.05) is 113 Å². The molecule has 3 aliphatic heterocycles. The molecule has 0 spiro atoms. The van der Waals surface area contributed by atoms with Gasteiger partial charge < -0.3 is 130 Å². The number of phenolic OH excluding ortho intramolecular Hbond substituents is 1. The topological polar surface area (TPSA) is 661 Å². The number of amides is 16. The van der Waals surface area contributed by atoms with E-state index in [-0.39, 0.29) is 89.0 Å². The van der Waals surface area contributed by atoms with Crippen LogP contribution in [0.5, 0.6) is 5.75 Å². The smallest absolute Gasteiger partial charge is 0.323 e. The van der Waals surface area contributed by atoms with Crippen LogP contribution in [0.4, 0.5) is 0 Å². The number of thioether (sulfide) groups is 1. The number of aromatic hydroxyl groups is 1. The first-order valence-corrected chi connectivity index (χ1v) is 46.1. The first-order chi connectivity index (χ1) is 64.1. The van der Waals surface area contributed by atoms with Crippen molar-refractivity contribution >= 4 is 146 Å². The molecule has 0 unspecified atom stereocenters. The van der Waals surface area contributed by atoms with E-state index in [9.17, 15) is 83.1 Å². The zero-order chi connectivity index (χ0) is 99.4. The number of H-pyrrole nitrogens is 1. The van der Waals surface area contributed by atoms with Crippen molar-refractivity contribution in [2.45, 2.75) is 241 Å². The maximum absolute atomic E-state index is 15.9. The molecule has 135 heavy (non-hydrogen) atoms. The minimum absolute atomic E-state index is 0.0640. The minimum atomic E-state index is -1.92. The average Bonchev–Trinajstić information content (AvgIpc) is 1.68. The Morgan fingerprint density at radius 3 is 1.75 bits per heavy atom. The van der Waals surface area contributed by atoms with E-state index in [0.717, 1.165) is 31.5 Å². The number of aliphatic hydroxyl groups excluding tert-OH is 1. The van der Waals surface area contributed by atoms with Gasteiger partial charge in [0.25, 0.3) is 0 Å². The van der Waals surface area contributed by atoms with Crippen LogP contribution < -0.4 is 70.4 Å². The number of para-hydroxylation sites is 2. The maximum Gasteiger partial charge on any atom is 0.323 e. The molecule has 22 N–H and O–H groups in total. The number of benzene rings is 3. The molecule has 0 bridgehead atoms. The van der Waals surface area contributed by atoms with Gasteiger partial charge in [0.15, 0.2) is 0 Å². The number of aromatic nitrogens is 2. The number of carboxylic acids is 3. The number of aliphatic carboxylic acids is 3. The van der Waals surface area contributed by atoms with Crippen molar-refractivity contribution in [1.82, 2.24) is 87.2 Å². The fraction of sp³-hybridized carbons (Fsp3) is 0.544. The molecule has 15 atom stereocenters. The summed E-state index contributed by atoms with van der Waals surface area (Å²) in [7, 11) is 3.71. The molecule has 3 aliphatic rings. The van der Waals surface area contributed by atoms with Gasteiger partial charge in [-0.1, -0.05) is 102 Å². The Morgan fingerprint density at radius 1 is 0.548 bits per heavy atom. The van der Waals surface area contributed by atoms with E-state index in [4.69, 9.17) is 17.2 Å². The van der Waals surface area contributed by atoms with Gasteiger partial charge in [0.1, 0.15) is 96.9 Å². The molecule has 44 nitrogen and oxygen atoms in total. The lowest BCUT2D eigenvalue weighted by Crippen LogP contribution is -2.62. The summed E-state index contributed by atoms with van der Waals surface area (Å²) in [5.41, 5.74) is 20.0. The van der Waals surface area contributed by atoms with E-state index < -0.39 is 273 Å². The number of fused-ring (bicyclic) bond motifs is 4. The van der Waals surface area contributed by atoms with Gasteiger partial charge in [-0.25, -0.2) is 0 Å². The predicted octanol–water partition coefficient (Wildman–Crippen LogP) is -2.82. The highest BCUT2D eigenvalue weighted by molar-refractivity contribution is 8.00. The third-order valence-electron chi connectivity index (χ3n) is 24.0. The molecule has 5 heterocycles. The van der Waals surface area contributed by atoms with Gasteiger partial charge in [0.2, 0.25) is 94.5 Å². The number of hydrogen-bond donors (Lipinski definition) is 19. The zero-order valence-electron chi connectivity index (χ0n) is 76.8. The van der Waals surface area contributed by atoms with Crippen molar-refractivity contribution in [2.75, 3.05) is 65.4 Å². The van der Waals surface area contributed by atoms with Crippen molar-refractivity contribution in [3.8, 4) is 5.75 Å². The average molecular weight is 1900 g/mol. The molecule has 2 aromatic heterocycles. The summed E-state index contributed by atoms with van der Waals surface area (Å²) in [5, 5.41) is 78.7. The largest absolute Gasteiger partial charge is 0.508 e. The first-order valence-electron chi connectivity index (χ1n) is 45.0. The number of phenols is 1. The molecule has 8 rings (SSSR count). The minimum Gasteiger partial charge on any atom is -0.508 e. The lowest BCUT2D eigenvalue weighted by molar-refractivity contribution is -0.149. The van der Waals surface area contributed by atoms with Crippen molar-refractivity contribution in [3.05, 3.63) is 102 Å². The molecule has 0 aliphatic carbocycles. The van der Waals surface area contributed by atoms with Gasteiger partial charge in [0.05, 0.1) is 24.8 Å². The van der Waals surface area contributed by atoms with E-state index in [1.54, 1.807) is 82.4 Å². The molecule has 45 heteroatoms. The standard InChI is InChI=1S/C90H126N20O24S/c1-9-11-21-68-83(127)98-58(29-30-74(115)116)79(123)104-66(78(122)95-42-72(93)113)46-135-47-73(114)96-62(35-50-25-27-53(111)28-26-50)86(130)105(6)49(5)77(121)100-64(39-75(117)118)88(132)109-33-17-24-69(109)84(128)103-65(40-92)82(126)101-61(34-48(3)4)89(133)110-44-54(112)38-71(110)85(129)99-60(36-51-41-94-57-20-15-13-18-55(51)57)81(125)97-59(31-32-91)80(124)102-63(87(131)107(8)70(22-12-10-2)90(134)106(68)7)37-52-43-108(45-76(119)120)67-23-16-14-19-56(52)67/h13-16,18-20,23,25-28,41,43,48-49,54,58-66,68-71,94,111-112H,9-12,17,21-22,24,29-40,42,44-47,91-92H2,1-8H3,(H2,93,113)(H,95,122)(H,96,114)(H,97,125)(H,98,127)(H,99,129)(H,100,121)(H,101,126)(H,102,124)(H,103,128)(H,104,123)(H,115,116)(H,117,118)(H,119,120)/t49-,54+,58-,59-,60-,61-,62-,63-,64-,65-,66-,68-,69-,70-,71-/m0/s1. The number of nitrogens with two attached hydrogens (primary N) is 3. The van der Waals surface area contributed by atoms with Crippen LogP contribution in [0.1, 0.15) is 141 Å². The quantitative estimate of drug-likeness (QED) is 0.0252. The Labute approximate surface area is 783 Å². The van der Waals surface area contributed by atoms with E-state index in [1.807, 2.05) is 0 Å². The van der Waals surface area contributed by atoms with Crippen LogP contribution in [0, 0.1) is 5.92 Å². The Balaban J connectivity index is 1.21. The number of nitrogens with zero attached hydrogens (tertiary/aromatic N) is 6. The second-order valence-electron chi connectivity index (χ2n) is 34.5. The third-order valence-corrected chi connectivity index (χ3v) is 25.0. The Bertz CT molecular complexity index is 5130. The molecular formula is C90H126N20O24S. The number of unbranched alkanes of at least 4 members (excludes halogenated alkanes) is 2. The molecule has 0 saturated carbocycles. The monoisotopic (exact) mass is 1900 g/mol. The highest BCUT2D eigenvalue weighted by Crippen LogP contribution is 2.29. The summed E-state index contributed by atoms with van der Waals surface area (Å²) < 4.78 is 1.41. The van der Waals surface area contributed by atoms with Crippen LogP contribution in [0.2, 0.25) is 0 Å². The van der Waals surface area contributed by atoms with Gasteiger partial charge in [-0.15, -0.1) is 11.8 Å². The van der Waals surface area contributed by atoms with Gasteiger partial charge in [-0.2, -0.15) is 0 Å². The fourth-order valence-electron chi connectivity index (χ4n) is 16.6. The van der Waals surface area contributed by atoms with Crippen molar-refractivity contribution in [3.63, 3.8) is 0 Å². The summed E-state index contributed by atoms with van der Waals surface area (Å²) in [6.07, 6.45) is -1.49. The Morgan fingerprint density at radius 2 is 1.10 bits per heavy atom. The third kappa shape index (κ3) is 29.8. The number of likely N-dealkylation sites (N-methyl/N-ethyl adjacent to an activating group) is 3. The van der Waals surface area contributed by atoms with Crippen molar-refractivity contribution in [1.29, 1.82) is 0 Å². The number of aromatic amines is 1. The summed E-state index contributed by atoms with van der Waals surface area (Å²) in [4.78, 5) is 282. The van der Waals surface area contributed by atoms with E-state index >= 15 is 33.6 Å². The SMILES string of the molecule is CCCC[C@H]1C(=O)N(C)[C@@H](CCCC)C(=O)N[C@@H](CCC(=O)O)C(=O)N[C@H](C(=O)NCC(N)=O)CSCC(=O)N[C@@H](Cc2ccc(O)cc2)C(=O)N(C)[C@@H](C)C(=O)N[C@@H](CC(=O)O)C(=O)N2CCC[C@H]2C(=O)N[C@@H](CN)C(=O)N[C@@H](CC(C)C)C(=O)N2C[C@H](O)C[C@H]2C(=O)N[C@@H](Cc2c[nH]c3ccccc23)C(=O)N[C@@H](CCN)C(=O)N[C@@H](Cc2cn(CC(=O)O)c3ccccc23)C(=O)N1C. The lowest BCUT2D eigenvalue weighted by Gasteiger charge is -2.36. The highest BCUT2D eigenvalue weighted by atomic mass is 32.2. The summed E-state index contributed by atoms with van der Waals surface area (Å²) in [6, 6.07) is -3.79. The van der Waals surface area contributed by atoms with Crippen LogP contribution >= 0.6 is 11.8 Å². The normalized spacial score (nSPS) is 24.8. The number of primary amides is 1. The van der Waals surface area contributed by atoms with Crippen LogP contribution in [0.15, 0.2) is 85.2 Å². The van der Waals surface area contributed by atoms with Crippen LogP contribution in [-0.2, 0) is 117 Å². The van der Waals surface area contributed by atoms with Gasteiger partial charge >= 0.3 is 17.9 Å². The van der Waals surface area contributed by atoms with Crippen molar-refractivity contribution < 1.29 is 117 Å². The Hall–Kier alpha value is -13.3. The number of rotatable bonds is 27. The van der Waals surface area contributed by atoms with E-state index in [2.05, 4.69) is 58.2 Å². The molecule has 3 fully saturated rings. The number of carboxylic acid groups (broad SMARTS) is 3. The molecular weight excluding hydrogens is 1780 g/mol. The van der Waals surface area contributed by atoms with Crippen LogP contribution in [-0.4, -0.2) is 328 Å². The second kappa shape index (κ2) is 50.7. The second-order valence-corrected chi connectivity index (χ2v) is 35.6. The number of carbonyl (C=O) groups is 19. The Kier molecular flexibility index (Phi) is 40.2. The fourth-order valence-corrected chi connectivity index (χ4v) is 17.5. The van der Waals surface area contributed by atoms with Gasteiger partial charge in [-0.3, -0.25) is 91.1 Å². The molecule has 5 aromatic rings. The predicted molar refractivity (Wildman–Crippen MR) is 491 cm³/mol. The molecule has 736 valence electrons. The molecule has 3 aromatic carbocycles. The number of aliphatic hydroxyl groups is 1. The molecule has 16 amide bonds. The number of nitrogens with one attached hydrogen (secondary N) is 11. The summed E-state index contributed by atoms with van der Waals surface area (Å²) in [6.45, 7) is 5.31. The highest BCUT2D eigenvalue weighted by Gasteiger charge is 2.47. The number of carbonyl (C=O) groups excluding carboxylic acids is 16.